The molecule has 0 spiro atoms. The van der Waals surface area contributed by atoms with Crippen LogP contribution >= 0.6 is 0 Å². The van der Waals surface area contributed by atoms with Crippen LogP contribution in [0.3, 0.4) is 0 Å². The van der Waals surface area contributed by atoms with E-state index in [-0.39, 0.29) is 6.54 Å². The first-order chi connectivity index (χ1) is 15.2. The van der Waals surface area contributed by atoms with Crippen LogP contribution in [0.5, 0.6) is 23.0 Å². The maximum absolute atomic E-state index is 12.2. The van der Waals surface area contributed by atoms with Gasteiger partial charge in [-0.3, -0.25) is 10.1 Å². The standard InChI is InChI=1S/C23H21N3O5/c27-22(26-23(28)25-16-10-11-20-21(14-16)30-13-12-29-20)15-24-18-8-4-5-9-19(18)31-17-6-2-1-3-7-17/h1-11,14,24H,12-13,15H2,(H2,25,26,27,28). The third kappa shape index (κ3) is 5.45. The molecule has 0 unspecified atom stereocenters. The zero-order chi connectivity index (χ0) is 21.5. The number of nitrogens with one attached hydrogen (secondary N) is 3. The van der Waals surface area contributed by atoms with Crippen molar-refractivity contribution in [3.8, 4) is 23.0 Å². The van der Waals surface area contributed by atoms with Crippen molar-refractivity contribution in [1.29, 1.82) is 0 Å². The number of imide groups is 1. The normalized spacial score (nSPS) is 11.9. The average Bonchev–Trinajstić information content (AvgIpc) is 2.79. The van der Waals surface area contributed by atoms with Crippen molar-refractivity contribution in [2.75, 3.05) is 30.4 Å². The minimum atomic E-state index is -0.641. The van der Waals surface area contributed by atoms with Gasteiger partial charge in [-0.25, -0.2) is 4.79 Å². The molecule has 1 aliphatic heterocycles. The van der Waals surface area contributed by atoms with E-state index in [1.807, 2.05) is 42.5 Å². The predicted octanol–water partition coefficient (Wildman–Crippen LogP) is 4.01. The lowest BCUT2D eigenvalue weighted by molar-refractivity contribution is -0.118. The van der Waals surface area contributed by atoms with Crippen molar-refractivity contribution in [3.05, 3.63) is 72.8 Å². The lowest BCUT2D eigenvalue weighted by Crippen LogP contribution is -2.38. The number of carbonyl (C=O) groups is 2. The molecule has 0 radical (unpaired) electrons. The van der Waals surface area contributed by atoms with Crippen LogP contribution in [-0.2, 0) is 4.79 Å². The molecule has 8 heteroatoms. The highest BCUT2D eigenvalue weighted by atomic mass is 16.6. The summed E-state index contributed by atoms with van der Waals surface area (Å²) in [5.74, 6) is 1.92. The molecule has 0 aromatic heterocycles. The van der Waals surface area contributed by atoms with E-state index in [1.165, 1.54) is 0 Å². The molecule has 3 aromatic rings. The van der Waals surface area contributed by atoms with Gasteiger partial charge in [0.05, 0.1) is 12.2 Å². The molecule has 3 aromatic carbocycles. The molecular weight excluding hydrogens is 398 g/mol. The first-order valence-electron chi connectivity index (χ1n) is 9.74. The van der Waals surface area contributed by atoms with Crippen LogP contribution in [0.4, 0.5) is 16.2 Å². The number of hydrogen-bond acceptors (Lipinski definition) is 6. The van der Waals surface area contributed by atoms with Crippen LogP contribution < -0.4 is 30.2 Å². The second kappa shape index (κ2) is 9.53. The Balaban J connectivity index is 1.30. The van der Waals surface area contributed by atoms with Crippen molar-refractivity contribution in [2.45, 2.75) is 0 Å². The van der Waals surface area contributed by atoms with Crippen molar-refractivity contribution in [2.24, 2.45) is 0 Å². The number of fused-ring (bicyclic) bond motifs is 1. The molecule has 0 aliphatic carbocycles. The molecule has 3 N–H and O–H groups in total. The molecule has 31 heavy (non-hydrogen) atoms. The summed E-state index contributed by atoms with van der Waals surface area (Å²) in [4.78, 5) is 24.3. The third-order valence-corrected chi connectivity index (χ3v) is 4.35. The van der Waals surface area contributed by atoms with Crippen LogP contribution in [0.15, 0.2) is 72.8 Å². The molecular formula is C23H21N3O5. The Bertz CT molecular complexity index is 1070. The molecule has 1 heterocycles. The Morgan fingerprint density at radius 3 is 2.45 bits per heavy atom. The minimum Gasteiger partial charge on any atom is -0.486 e. The summed E-state index contributed by atoms with van der Waals surface area (Å²) >= 11 is 0. The highest BCUT2D eigenvalue weighted by Gasteiger charge is 2.14. The Hall–Kier alpha value is -4.20. The molecule has 0 atom stereocenters. The fraction of sp³-hybridized carbons (Fsp3) is 0.130. The van der Waals surface area contributed by atoms with Gasteiger partial charge in [0, 0.05) is 11.8 Å². The van der Waals surface area contributed by atoms with Gasteiger partial charge in [0.1, 0.15) is 19.0 Å². The van der Waals surface area contributed by atoms with Gasteiger partial charge < -0.3 is 24.8 Å². The lowest BCUT2D eigenvalue weighted by atomic mass is 10.2. The first kappa shape index (κ1) is 20.1. The largest absolute Gasteiger partial charge is 0.486 e. The Kier molecular flexibility index (Phi) is 6.18. The summed E-state index contributed by atoms with van der Waals surface area (Å²) in [7, 11) is 0. The van der Waals surface area contributed by atoms with E-state index in [4.69, 9.17) is 14.2 Å². The molecule has 0 fully saturated rings. The van der Waals surface area contributed by atoms with Gasteiger partial charge >= 0.3 is 6.03 Å². The van der Waals surface area contributed by atoms with Gasteiger partial charge in [-0.1, -0.05) is 30.3 Å². The maximum Gasteiger partial charge on any atom is 0.325 e. The lowest BCUT2D eigenvalue weighted by Gasteiger charge is -2.19. The number of amides is 3. The van der Waals surface area contributed by atoms with E-state index in [0.717, 1.165) is 0 Å². The minimum absolute atomic E-state index is 0.107. The Morgan fingerprint density at radius 1 is 0.871 bits per heavy atom. The molecule has 1 aliphatic rings. The van der Waals surface area contributed by atoms with Crippen LogP contribution in [0.1, 0.15) is 0 Å². The van der Waals surface area contributed by atoms with Crippen molar-refractivity contribution in [3.63, 3.8) is 0 Å². The van der Waals surface area contributed by atoms with Gasteiger partial charge in [0.25, 0.3) is 0 Å². The van der Waals surface area contributed by atoms with Crippen molar-refractivity contribution in [1.82, 2.24) is 5.32 Å². The van der Waals surface area contributed by atoms with Gasteiger partial charge in [-0.2, -0.15) is 0 Å². The second-order valence-electron chi connectivity index (χ2n) is 6.63. The SMILES string of the molecule is O=C(CNc1ccccc1Oc1ccccc1)NC(=O)Nc1ccc2c(c1)OCCO2. The number of hydrogen-bond donors (Lipinski definition) is 3. The number of ether oxygens (including phenoxy) is 3. The molecule has 158 valence electrons. The van der Waals surface area contributed by atoms with E-state index in [9.17, 15) is 9.59 Å². The number of urea groups is 1. The molecule has 8 nitrogen and oxygen atoms in total. The van der Waals surface area contributed by atoms with Crippen LogP contribution in [0, 0.1) is 0 Å². The van der Waals surface area contributed by atoms with E-state index >= 15 is 0 Å². The fourth-order valence-electron chi connectivity index (χ4n) is 2.95. The van der Waals surface area contributed by atoms with E-state index < -0.39 is 11.9 Å². The summed E-state index contributed by atoms with van der Waals surface area (Å²) in [5, 5.41) is 7.88. The predicted molar refractivity (Wildman–Crippen MR) is 116 cm³/mol. The number of para-hydroxylation sites is 3. The number of rotatable bonds is 6. The highest BCUT2D eigenvalue weighted by Crippen LogP contribution is 2.32. The average molecular weight is 419 g/mol. The first-order valence-corrected chi connectivity index (χ1v) is 9.74. The van der Waals surface area contributed by atoms with E-state index in [0.29, 0.717) is 47.6 Å². The summed E-state index contributed by atoms with van der Waals surface area (Å²) in [6.45, 7) is 0.827. The van der Waals surface area contributed by atoms with E-state index in [1.54, 1.807) is 30.3 Å². The summed E-state index contributed by atoms with van der Waals surface area (Å²) in [5.41, 5.74) is 1.12. The Morgan fingerprint density at radius 2 is 1.61 bits per heavy atom. The fourth-order valence-corrected chi connectivity index (χ4v) is 2.95. The van der Waals surface area contributed by atoms with Crippen LogP contribution in [-0.4, -0.2) is 31.7 Å². The summed E-state index contributed by atoms with van der Waals surface area (Å²) in [6, 6.07) is 21.0. The van der Waals surface area contributed by atoms with Gasteiger partial charge in [0.2, 0.25) is 5.91 Å². The molecule has 0 saturated carbocycles. The molecule has 0 bridgehead atoms. The van der Waals surface area contributed by atoms with Crippen molar-refractivity contribution < 1.29 is 23.8 Å². The number of carbonyl (C=O) groups excluding carboxylic acids is 2. The topological polar surface area (TPSA) is 97.9 Å². The van der Waals surface area contributed by atoms with Crippen LogP contribution in [0.2, 0.25) is 0 Å². The highest BCUT2D eigenvalue weighted by molar-refractivity contribution is 6.02. The quantitative estimate of drug-likeness (QED) is 0.559. The third-order valence-electron chi connectivity index (χ3n) is 4.35. The molecule has 3 amide bonds. The van der Waals surface area contributed by atoms with Gasteiger partial charge in [0.15, 0.2) is 17.2 Å². The molecule has 4 rings (SSSR count). The molecule has 0 saturated heterocycles. The zero-order valence-corrected chi connectivity index (χ0v) is 16.6. The summed E-state index contributed by atoms with van der Waals surface area (Å²) in [6.07, 6.45) is 0. The van der Waals surface area contributed by atoms with Crippen molar-refractivity contribution >= 4 is 23.3 Å². The smallest absolute Gasteiger partial charge is 0.325 e. The van der Waals surface area contributed by atoms with E-state index in [2.05, 4.69) is 16.0 Å². The Labute approximate surface area is 179 Å². The number of benzene rings is 3. The second-order valence-corrected chi connectivity index (χ2v) is 6.63. The van der Waals surface area contributed by atoms with Crippen LogP contribution in [0.25, 0.3) is 0 Å². The maximum atomic E-state index is 12.2. The number of anilines is 2. The van der Waals surface area contributed by atoms with Gasteiger partial charge in [-0.15, -0.1) is 0 Å². The van der Waals surface area contributed by atoms with Gasteiger partial charge in [-0.05, 0) is 36.4 Å². The summed E-state index contributed by atoms with van der Waals surface area (Å²) < 4.78 is 16.8. The monoisotopic (exact) mass is 419 g/mol. The zero-order valence-electron chi connectivity index (χ0n) is 16.6.